The summed E-state index contributed by atoms with van der Waals surface area (Å²) in [7, 11) is 0. The Morgan fingerprint density at radius 2 is 0.879 bits per heavy atom. The molecule has 0 unspecified atom stereocenters. The summed E-state index contributed by atoms with van der Waals surface area (Å²) in [5, 5.41) is 7.34. The molecular formula is C55H36N2S. The summed E-state index contributed by atoms with van der Waals surface area (Å²) in [5.41, 5.74) is 16.4. The first-order valence-electron chi connectivity index (χ1n) is 20.0. The van der Waals surface area contributed by atoms with Crippen LogP contribution in [0.3, 0.4) is 0 Å². The van der Waals surface area contributed by atoms with Crippen LogP contribution in [0.25, 0.3) is 109 Å². The molecule has 1 aliphatic rings. The van der Waals surface area contributed by atoms with E-state index < -0.39 is 0 Å². The zero-order valence-corrected chi connectivity index (χ0v) is 32.9. The average Bonchev–Trinajstić information content (AvgIpc) is 3.77. The molecule has 0 atom stereocenters. The molecule has 0 radical (unpaired) electrons. The van der Waals surface area contributed by atoms with Crippen molar-refractivity contribution in [2.45, 2.75) is 19.3 Å². The summed E-state index contributed by atoms with van der Waals surface area (Å²) < 4.78 is 2.68. The number of nitrogens with zero attached hydrogens (tertiary/aromatic N) is 2. The van der Waals surface area contributed by atoms with Gasteiger partial charge in [0.05, 0.1) is 22.9 Å². The lowest BCUT2D eigenvalue weighted by molar-refractivity contribution is 0.661. The van der Waals surface area contributed by atoms with Gasteiger partial charge in [0, 0.05) is 41.9 Å². The molecule has 0 bridgehead atoms. The molecule has 0 spiro atoms. The third kappa shape index (κ3) is 5.03. The molecule has 58 heavy (non-hydrogen) atoms. The maximum Gasteiger partial charge on any atom is 0.0979 e. The van der Waals surface area contributed by atoms with E-state index in [0.29, 0.717) is 0 Å². The summed E-state index contributed by atoms with van der Waals surface area (Å²) >= 11 is 1.87. The highest BCUT2D eigenvalue weighted by atomic mass is 32.1. The van der Waals surface area contributed by atoms with Gasteiger partial charge in [-0.1, -0.05) is 153 Å². The average molecular weight is 757 g/mol. The van der Waals surface area contributed by atoms with Crippen LogP contribution in [0.5, 0.6) is 0 Å². The van der Waals surface area contributed by atoms with Crippen molar-refractivity contribution >= 4 is 64.1 Å². The van der Waals surface area contributed by atoms with Gasteiger partial charge in [-0.05, 0) is 103 Å². The normalized spacial score (nSPS) is 13.1. The number of benzene rings is 9. The second-order valence-electron chi connectivity index (χ2n) is 16.2. The predicted molar refractivity (Wildman–Crippen MR) is 247 cm³/mol. The maximum atomic E-state index is 5.24. The molecular weight excluding hydrogens is 721 g/mol. The molecule has 0 saturated carbocycles. The van der Waals surface area contributed by atoms with Crippen molar-refractivity contribution < 1.29 is 0 Å². The lowest BCUT2D eigenvalue weighted by atomic mass is 9.80. The molecule has 3 heteroatoms. The minimum atomic E-state index is -0.124. The summed E-state index contributed by atoms with van der Waals surface area (Å²) in [6.07, 6.45) is 1.92. The molecule has 0 saturated heterocycles. The fourth-order valence-corrected chi connectivity index (χ4v) is 10.6. The van der Waals surface area contributed by atoms with Gasteiger partial charge in [-0.2, -0.15) is 0 Å². The molecule has 0 aliphatic heterocycles. The fourth-order valence-electron chi connectivity index (χ4n) is 9.48. The lowest BCUT2D eigenvalue weighted by Crippen LogP contribution is -2.15. The first-order valence-corrected chi connectivity index (χ1v) is 20.8. The standard InChI is InChI=1S/C55H36N2S/c1-55(2)48-30-37(22-25-42(48)43-26-23-38(31-49(43)55)36-24-27-52-47(29-36)44-14-7-8-17-51(44)58-52)34-20-18-33(19-21-34)35-10-9-11-39(28-35)50-32-56-53-45-15-5-3-12-40(45)41-13-4-6-16-46(41)54(53)57-50/h3-32H,1-2H3. The van der Waals surface area contributed by atoms with E-state index >= 15 is 0 Å². The Morgan fingerprint density at radius 1 is 0.379 bits per heavy atom. The minimum Gasteiger partial charge on any atom is -0.252 e. The van der Waals surface area contributed by atoms with E-state index in [1.807, 2.05) is 17.5 Å². The second kappa shape index (κ2) is 12.5. The lowest BCUT2D eigenvalue weighted by Gasteiger charge is -2.22. The largest absolute Gasteiger partial charge is 0.252 e. The Hall–Kier alpha value is -6.94. The van der Waals surface area contributed by atoms with Gasteiger partial charge in [0.1, 0.15) is 0 Å². The van der Waals surface area contributed by atoms with Crippen molar-refractivity contribution in [3.05, 3.63) is 193 Å². The summed E-state index contributed by atoms with van der Waals surface area (Å²) in [4.78, 5) is 10.2. The maximum absolute atomic E-state index is 5.24. The molecule has 9 aromatic carbocycles. The molecule has 0 N–H and O–H groups in total. The highest BCUT2D eigenvalue weighted by molar-refractivity contribution is 7.25. The second-order valence-corrected chi connectivity index (χ2v) is 17.2. The van der Waals surface area contributed by atoms with Gasteiger partial charge >= 0.3 is 0 Å². The highest BCUT2D eigenvalue weighted by Gasteiger charge is 2.36. The first-order chi connectivity index (χ1) is 28.5. The van der Waals surface area contributed by atoms with Crippen LogP contribution in [0.2, 0.25) is 0 Å². The van der Waals surface area contributed by atoms with Crippen LogP contribution in [-0.4, -0.2) is 9.97 Å². The van der Waals surface area contributed by atoms with E-state index in [4.69, 9.17) is 9.97 Å². The molecule has 0 amide bonds. The number of hydrogen-bond acceptors (Lipinski definition) is 3. The van der Waals surface area contributed by atoms with Crippen LogP contribution in [0, 0.1) is 0 Å². The quantitative estimate of drug-likeness (QED) is 0.167. The van der Waals surface area contributed by atoms with E-state index in [1.54, 1.807) is 0 Å². The Labute approximate surface area is 340 Å². The van der Waals surface area contributed by atoms with E-state index in [-0.39, 0.29) is 5.41 Å². The molecule has 11 aromatic rings. The summed E-state index contributed by atoms with van der Waals surface area (Å²) in [5.74, 6) is 0. The van der Waals surface area contributed by atoms with E-state index in [0.717, 1.165) is 38.6 Å². The molecule has 272 valence electrons. The van der Waals surface area contributed by atoms with Crippen LogP contribution in [0.4, 0.5) is 0 Å². The monoisotopic (exact) mass is 756 g/mol. The zero-order chi connectivity index (χ0) is 38.5. The van der Waals surface area contributed by atoms with Crippen molar-refractivity contribution in [2.75, 3.05) is 0 Å². The van der Waals surface area contributed by atoms with Crippen LogP contribution in [0.15, 0.2) is 182 Å². The van der Waals surface area contributed by atoms with E-state index in [1.165, 1.54) is 81.0 Å². The predicted octanol–water partition coefficient (Wildman–Crippen LogP) is 15.3. The Balaban J connectivity index is 0.850. The molecule has 2 aromatic heterocycles. The Kier molecular flexibility index (Phi) is 7.18. The SMILES string of the molecule is CC1(C)c2cc(-c3ccc(-c4cccc(-c5cnc6c7ccccc7c7ccccc7c6n5)c4)cc3)ccc2-c2ccc(-c3ccc4sc5ccccc5c4c3)cc21. The van der Waals surface area contributed by atoms with Gasteiger partial charge in [0.15, 0.2) is 0 Å². The van der Waals surface area contributed by atoms with Crippen molar-refractivity contribution in [2.24, 2.45) is 0 Å². The van der Waals surface area contributed by atoms with Gasteiger partial charge in [-0.3, -0.25) is 4.98 Å². The van der Waals surface area contributed by atoms with Crippen molar-refractivity contribution in [1.29, 1.82) is 0 Å². The molecule has 2 heterocycles. The molecule has 12 rings (SSSR count). The van der Waals surface area contributed by atoms with Gasteiger partial charge in [-0.15, -0.1) is 11.3 Å². The van der Waals surface area contributed by atoms with Crippen LogP contribution in [0.1, 0.15) is 25.0 Å². The Morgan fingerprint density at radius 3 is 1.57 bits per heavy atom. The minimum absolute atomic E-state index is 0.124. The molecule has 1 aliphatic carbocycles. The molecule has 0 fully saturated rings. The summed E-state index contributed by atoms with van der Waals surface area (Å²) in [6, 6.07) is 64.5. The number of rotatable bonds is 4. The van der Waals surface area contributed by atoms with E-state index in [9.17, 15) is 0 Å². The topological polar surface area (TPSA) is 25.8 Å². The van der Waals surface area contributed by atoms with Crippen molar-refractivity contribution in [3.63, 3.8) is 0 Å². The van der Waals surface area contributed by atoms with Gasteiger partial charge in [0.2, 0.25) is 0 Å². The number of fused-ring (bicyclic) bond motifs is 12. The van der Waals surface area contributed by atoms with Crippen molar-refractivity contribution in [1.82, 2.24) is 9.97 Å². The number of aromatic nitrogens is 2. The highest BCUT2D eigenvalue weighted by Crippen LogP contribution is 2.51. The van der Waals surface area contributed by atoms with Crippen molar-refractivity contribution in [3.8, 4) is 55.8 Å². The third-order valence-electron chi connectivity index (χ3n) is 12.5. The number of hydrogen-bond donors (Lipinski definition) is 0. The first kappa shape index (κ1) is 33.2. The van der Waals surface area contributed by atoms with Gasteiger partial charge in [-0.25, -0.2) is 4.98 Å². The Bertz CT molecular complexity index is 3450. The third-order valence-corrected chi connectivity index (χ3v) is 13.7. The van der Waals surface area contributed by atoms with Crippen LogP contribution in [-0.2, 0) is 5.41 Å². The zero-order valence-electron chi connectivity index (χ0n) is 32.1. The van der Waals surface area contributed by atoms with Gasteiger partial charge < -0.3 is 0 Å². The molecule has 2 nitrogen and oxygen atoms in total. The van der Waals surface area contributed by atoms with Gasteiger partial charge in [0.25, 0.3) is 0 Å². The fraction of sp³-hybridized carbons (Fsp3) is 0.0545. The summed E-state index contributed by atoms with van der Waals surface area (Å²) in [6.45, 7) is 4.75. The van der Waals surface area contributed by atoms with Crippen LogP contribution >= 0.6 is 11.3 Å². The van der Waals surface area contributed by atoms with E-state index in [2.05, 4.69) is 190 Å². The smallest absolute Gasteiger partial charge is 0.0979 e. The number of thiophene rings is 1. The van der Waals surface area contributed by atoms with Crippen LogP contribution < -0.4 is 0 Å².